The maximum atomic E-state index is 4.73. The highest BCUT2D eigenvalue weighted by Crippen LogP contribution is 2.36. The van der Waals surface area contributed by atoms with Gasteiger partial charge in [0.15, 0.2) is 0 Å². The number of aromatic nitrogens is 3. The maximum absolute atomic E-state index is 4.73. The van der Waals surface area contributed by atoms with Crippen LogP contribution in [0.15, 0.2) is 84.9 Å². The molecule has 7 rings (SSSR count). The number of hydrogen-bond acceptors (Lipinski definition) is 2. The number of H-pyrrole nitrogens is 1. The molecule has 3 heterocycles. The Hall–Kier alpha value is -3.63. The number of thiophene rings is 1. The molecule has 3 aromatic heterocycles. The van der Waals surface area contributed by atoms with E-state index in [1.165, 1.54) is 31.3 Å². The Morgan fingerprint density at radius 3 is 2.48 bits per heavy atom. The van der Waals surface area contributed by atoms with Gasteiger partial charge in [0.1, 0.15) is 0 Å². The molecule has 0 radical (unpaired) electrons. The van der Waals surface area contributed by atoms with Crippen molar-refractivity contribution in [3.63, 3.8) is 0 Å². The third-order valence-corrected chi connectivity index (χ3v) is 6.91. The average molecular weight is 389 g/mol. The van der Waals surface area contributed by atoms with Crippen LogP contribution in [-0.4, -0.2) is 14.4 Å². The van der Waals surface area contributed by atoms with Crippen LogP contribution in [0.25, 0.3) is 59.1 Å². The van der Waals surface area contributed by atoms with Crippen LogP contribution in [0.3, 0.4) is 0 Å². The molecule has 0 fully saturated rings. The molecule has 4 heteroatoms. The van der Waals surface area contributed by atoms with Crippen molar-refractivity contribution in [1.29, 1.82) is 0 Å². The zero-order valence-electron chi connectivity index (χ0n) is 15.4. The first-order valence-electron chi connectivity index (χ1n) is 9.66. The predicted molar refractivity (Wildman–Crippen MR) is 123 cm³/mol. The minimum absolute atomic E-state index is 0.887. The summed E-state index contributed by atoms with van der Waals surface area (Å²) in [5.74, 6) is 0.887. The molecule has 29 heavy (non-hydrogen) atoms. The van der Waals surface area contributed by atoms with E-state index in [1.807, 2.05) is 17.4 Å². The molecule has 0 atom stereocenters. The first-order chi connectivity index (χ1) is 14.3. The molecular weight excluding hydrogens is 374 g/mol. The lowest BCUT2D eigenvalue weighted by Crippen LogP contribution is -1.82. The van der Waals surface area contributed by atoms with Crippen molar-refractivity contribution in [2.45, 2.75) is 0 Å². The van der Waals surface area contributed by atoms with Crippen molar-refractivity contribution in [1.82, 2.24) is 14.4 Å². The van der Waals surface area contributed by atoms with Gasteiger partial charge < -0.3 is 4.98 Å². The van der Waals surface area contributed by atoms with Gasteiger partial charge >= 0.3 is 0 Å². The summed E-state index contributed by atoms with van der Waals surface area (Å²) in [5.41, 5.74) is 6.85. The fourth-order valence-electron chi connectivity index (χ4n) is 4.39. The zero-order chi connectivity index (χ0) is 18.9. The second-order valence-electron chi connectivity index (χ2n) is 7.43. The summed E-state index contributed by atoms with van der Waals surface area (Å²) in [6.07, 6.45) is 0. The number of benzene rings is 4. The number of nitrogens with one attached hydrogen (secondary N) is 1. The van der Waals surface area contributed by atoms with Gasteiger partial charge in [0.25, 0.3) is 0 Å². The van der Waals surface area contributed by atoms with Crippen molar-refractivity contribution >= 4 is 59.4 Å². The Labute approximate surface area is 169 Å². The molecule has 0 saturated carbocycles. The number of rotatable bonds is 1. The molecule has 7 aromatic rings. The molecule has 0 saturated heterocycles. The molecule has 0 aliphatic rings. The fourth-order valence-corrected chi connectivity index (χ4v) is 5.48. The number of hydrogen-bond donors (Lipinski definition) is 1. The van der Waals surface area contributed by atoms with E-state index in [0.717, 1.165) is 27.8 Å². The summed E-state index contributed by atoms with van der Waals surface area (Å²) in [6.45, 7) is 0. The predicted octanol–water partition coefficient (Wildman–Crippen LogP) is 7.00. The lowest BCUT2D eigenvalue weighted by molar-refractivity contribution is 1.28. The van der Waals surface area contributed by atoms with Crippen molar-refractivity contribution in [2.24, 2.45) is 0 Å². The molecule has 0 bridgehead atoms. The van der Waals surface area contributed by atoms with Crippen LogP contribution in [0.2, 0.25) is 0 Å². The Morgan fingerprint density at radius 1 is 0.690 bits per heavy atom. The highest BCUT2D eigenvalue weighted by molar-refractivity contribution is 7.25. The van der Waals surface area contributed by atoms with Gasteiger partial charge in [-0.05, 0) is 53.6 Å². The van der Waals surface area contributed by atoms with E-state index >= 15 is 0 Å². The minimum atomic E-state index is 0.887. The largest absolute Gasteiger partial charge is 0.323 e. The lowest BCUT2D eigenvalue weighted by atomic mass is 10.0. The van der Waals surface area contributed by atoms with E-state index in [-0.39, 0.29) is 0 Å². The summed E-state index contributed by atoms with van der Waals surface area (Å²) >= 11 is 1.86. The van der Waals surface area contributed by atoms with Crippen molar-refractivity contribution in [2.75, 3.05) is 0 Å². The molecule has 3 nitrogen and oxygen atoms in total. The number of nitrogens with zero attached hydrogens (tertiary/aromatic N) is 2. The average Bonchev–Trinajstić information content (AvgIpc) is 3.41. The Kier molecular flexibility index (Phi) is 2.88. The van der Waals surface area contributed by atoms with Crippen molar-refractivity contribution in [3.05, 3.63) is 84.9 Å². The zero-order valence-corrected chi connectivity index (χ0v) is 16.2. The molecule has 0 unspecified atom stereocenters. The van der Waals surface area contributed by atoms with Gasteiger partial charge in [-0.3, -0.25) is 4.40 Å². The standard InChI is InChI=1S/C25H15N3S/c1-4-8-23-17(5-1)18-13-15(10-12-24(18)29-23)16-9-11-22-20(14-16)27-25-26-19-6-2-3-7-21(19)28(22)25/h1-14H,(H,26,27). The molecule has 0 spiro atoms. The van der Waals surface area contributed by atoms with Gasteiger partial charge in [-0.25, -0.2) is 4.98 Å². The van der Waals surface area contributed by atoms with Crippen LogP contribution >= 0.6 is 11.3 Å². The van der Waals surface area contributed by atoms with E-state index in [9.17, 15) is 0 Å². The van der Waals surface area contributed by atoms with Gasteiger partial charge in [0.2, 0.25) is 5.78 Å². The highest BCUT2D eigenvalue weighted by Gasteiger charge is 2.12. The van der Waals surface area contributed by atoms with Crippen molar-refractivity contribution in [3.8, 4) is 11.1 Å². The normalized spacial score (nSPS) is 12.1. The molecule has 136 valence electrons. The fraction of sp³-hybridized carbons (Fsp3) is 0. The first kappa shape index (κ1) is 15.3. The molecule has 4 aromatic carbocycles. The van der Waals surface area contributed by atoms with Crippen LogP contribution in [0, 0.1) is 0 Å². The van der Waals surface area contributed by atoms with Gasteiger partial charge in [0, 0.05) is 20.2 Å². The molecule has 1 N–H and O–H groups in total. The molecule has 0 amide bonds. The van der Waals surface area contributed by atoms with Crippen molar-refractivity contribution < 1.29 is 0 Å². The summed E-state index contributed by atoms with van der Waals surface area (Å²) in [5, 5.41) is 2.66. The van der Waals surface area contributed by atoms with Crippen LogP contribution in [-0.2, 0) is 0 Å². The minimum Gasteiger partial charge on any atom is -0.323 e. The molecular formula is C25H15N3S. The Bertz CT molecular complexity index is 1710. The van der Waals surface area contributed by atoms with Gasteiger partial charge in [0.05, 0.1) is 22.1 Å². The van der Waals surface area contributed by atoms with Crippen LogP contribution in [0.5, 0.6) is 0 Å². The topological polar surface area (TPSA) is 33.1 Å². The van der Waals surface area contributed by atoms with E-state index in [4.69, 9.17) is 4.98 Å². The van der Waals surface area contributed by atoms with Gasteiger partial charge in [-0.1, -0.05) is 42.5 Å². The quantitative estimate of drug-likeness (QED) is 0.322. The van der Waals surface area contributed by atoms with Gasteiger partial charge in [-0.2, -0.15) is 0 Å². The summed E-state index contributed by atoms with van der Waals surface area (Å²) in [6, 6.07) is 30.3. The molecule has 0 aliphatic heterocycles. The second kappa shape index (κ2) is 5.46. The first-order valence-corrected chi connectivity index (χ1v) is 10.5. The van der Waals surface area contributed by atoms with E-state index in [0.29, 0.717) is 0 Å². The SMILES string of the molecule is c1ccc2c(c1)nc1[nH]c3cc(-c4ccc5sc6ccccc6c5c4)ccc3n12. The van der Waals surface area contributed by atoms with E-state index in [1.54, 1.807) is 0 Å². The maximum Gasteiger partial charge on any atom is 0.213 e. The smallest absolute Gasteiger partial charge is 0.213 e. The Balaban J connectivity index is 1.46. The van der Waals surface area contributed by atoms with Crippen LogP contribution < -0.4 is 0 Å². The number of aromatic amines is 1. The molecule has 0 aliphatic carbocycles. The van der Waals surface area contributed by atoms with E-state index in [2.05, 4.69) is 88.2 Å². The summed E-state index contributed by atoms with van der Waals surface area (Å²) in [7, 11) is 0. The third kappa shape index (κ3) is 2.09. The van der Waals surface area contributed by atoms with Crippen LogP contribution in [0.4, 0.5) is 0 Å². The Morgan fingerprint density at radius 2 is 1.48 bits per heavy atom. The third-order valence-electron chi connectivity index (χ3n) is 5.75. The monoisotopic (exact) mass is 389 g/mol. The van der Waals surface area contributed by atoms with Crippen LogP contribution in [0.1, 0.15) is 0 Å². The second-order valence-corrected chi connectivity index (χ2v) is 8.51. The van der Waals surface area contributed by atoms with Gasteiger partial charge in [-0.15, -0.1) is 11.3 Å². The number of imidazole rings is 2. The summed E-state index contributed by atoms with van der Waals surface area (Å²) < 4.78 is 4.87. The number of fused-ring (bicyclic) bond motifs is 8. The van der Waals surface area contributed by atoms with E-state index < -0.39 is 0 Å². The summed E-state index contributed by atoms with van der Waals surface area (Å²) in [4.78, 5) is 8.23. The lowest BCUT2D eigenvalue weighted by Gasteiger charge is -2.03. The number of para-hydroxylation sites is 2. The highest BCUT2D eigenvalue weighted by atomic mass is 32.1.